The number of anilines is 2. The van der Waals surface area contributed by atoms with E-state index in [4.69, 9.17) is 5.73 Å². The minimum Gasteiger partial charge on any atom is -0.399 e. The van der Waals surface area contributed by atoms with E-state index in [1.807, 2.05) is 6.07 Å². The lowest BCUT2D eigenvalue weighted by Gasteiger charge is -2.33. The molecule has 0 atom stereocenters. The SMILES string of the molecule is Nc1ccc2c(c1)N(C1CCCCC1)CC2. The Hall–Kier alpha value is -1.18. The van der Waals surface area contributed by atoms with Gasteiger partial charge >= 0.3 is 0 Å². The number of hydrogen-bond donors (Lipinski definition) is 1. The van der Waals surface area contributed by atoms with Crippen LogP contribution in [0.3, 0.4) is 0 Å². The van der Waals surface area contributed by atoms with Crippen LogP contribution >= 0.6 is 0 Å². The van der Waals surface area contributed by atoms with Gasteiger partial charge in [0.1, 0.15) is 0 Å². The average molecular weight is 216 g/mol. The van der Waals surface area contributed by atoms with Crippen LogP contribution in [0, 0.1) is 0 Å². The molecular formula is C14H20N2. The van der Waals surface area contributed by atoms with Crippen LogP contribution in [0.1, 0.15) is 37.7 Å². The van der Waals surface area contributed by atoms with Crippen LogP contribution in [0.15, 0.2) is 18.2 Å². The third kappa shape index (κ3) is 1.66. The molecule has 2 heteroatoms. The average Bonchev–Trinajstić information content (AvgIpc) is 2.73. The van der Waals surface area contributed by atoms with E-state index in [9.17, 15) is 0 Å². The van der Waals surface area contributed by atoms with Crippen LogP contribution in [0.4, 0.5) is 11.4 Å². The van der Waals surface area contributed by atoms with Gasteiger partial charge in [0.25, 0.3) is 0 Å². The molecule has 0 spiro atoms. The summed E-state index contributed by atoms with van der Waals surface area (Å²) < 4.78 is 0. The first-order valence-corrected chi connectivity index (χ1v) is 6.49. The highest BCUT2D eigenvalue weighted by Crippen LogP contribution is 2.35. The highest BCUT2D eigenvalue weighted by Gasteiger charge is 2.27. The molecule has 2 nitrogen and oxygen atoms in total. The van der Waals surface area contributed by atoms with Crippen molar-refractivity contribution in [2.45, 2.75) is 44.6 Å². The van der Waals surface area contributed by atoms with Crippen molar-refractivity contribution in [2.75, 3.05) is 17.2 Å². The number of hydrogen-bond acceptors (Lipinski definition) is 2. The highest BCUT2D eigenvalue weighted by molar-refractivity contribution is 5.64. The normalized spacial score (nSPS) is 21.1. The van der Waals surface area contributed by atoms with Crippen LogP contribution < -0.4 is 10.6 Å². The van der Waals surface area contributed by atoms with Gasteiger partial charge in [0.2, 0.25) is 0 Å². The molecule has 1 aliphatic heterocycles. The van der Waals surface area contributed by atoms with E-state index in [-0.39, 0.29) is 0 Å². The number of benzene rings is 1. The molecule has 1 aromatic carbocycles. The second-order valence-electron chi connectivity index (χ2n) is 5.12. The fourth-order valence-corrected chi connectivity index (χ4v) is 3.19. The van der Waals surface area contributed by atoms with Crippen LogP contribution in [0.5, 0.6) is 0 Å². The van der Waals surface area contributed by atoms with Gasteiger partial charge in [-0.3, -0.25) is 0 Å². The maximum absolute atomic E-state index is 5.90. The van der Waals surface area contributed by atoms with Gasteiger partial charge in [0.15, 0.2) is 0 Å². The van der Waals surface area contributed by atoms with Crippen molar-refractivity contribution in [1.82, 2.24) is 0 Å². The maximum atomic E-state index is 5.90. The molecular weight excluding hydrogens is 196 g/mol. The van der Waals surface area contributed by atoms with Crippen LogP contribution in [-0.2, 0) is 6.42 Å². The summed E-state index contributed by atoms with van der Waals surface area (Å²) >= 11 is 0. The van der Waals surface area contributed by atoms with Gasteiger partial charge in [-0.1, -0.05) is 25.3 Å². The van der Waals surface area contributed by atoms with Gasteiger partial charge < -0.3 is 10.6 Å². The van der Waals surface area contributed by atoms with E-state index in [2.05, 4.69) is 17.0 Å². The molecule has 1 aromatic rings. The Bertz CT molecular complexity index is 380. The van der Waals surface area contributed by atoms with Gasteiger partial charge in [-0.2, -0.15) is 0 Å². The molecule has 0 unspecified atom stereocenters. The van der Waals surface area contributed by atoms with Crippen molar-refractivity contribution in [3.63, 3.8) is 0 Å². The minimum atomic E-state index is 0.775. The lowest BCUT2D eigenvalue weighted by molar-refractivity contribution is 0.420. The highest BCUT2D eigenvalue weighted by atomic mass is 15.2. The summed E-state index contributed by atoms with van der Waals surface area (Å²) in [5.41, 5.74) is 9.70. The van der Waals surface area contributed by atoms with Gasteiger partial charge in [0.05, 0.1) is 0 Å². The Labute approximate surface area is 97.4 Å². The van der Waals surface area contributed by atoms with Crippen molar-refractivity contribution in [1.29, 1.82) is 0 Å². The molecule has 2 aliphatic rings. The van der Waals surface area contributed by atoms with E-state index in [0.717, 1.165) is 11.7 Å². The zero-order valence-electron chi connectivity index (χ0n) is 9.78. The summed E-state index contributed by atoms with van der Waals surface area (Å²) in [5, 5.41) is 0. The number of nitrogens with two attached hydrogens (primary N) is 1. The van der Waals surface area contributed by atoms with Gasteiger partial charge in [-0.15, -0.1) is 0 Å². The molecule has 3 rings (SSSR count). The van der Waals surface area contributed by atoms with Crippen molar-refractivity contribution >= 4 is 11.4 Å². The molecule has 0 aromatic heterocycles. The van der Waals surface area contributed by atoms with Crippen LogP contribution in [-0.4, -0.2) is 12.6 Å². The van der Waals surface area contributed by atoms with Gasteiger partial charge in [-0.05, 0) is 37.0 Å². The largest absolute Gasteiger partial charge is 0.399 e. The van der Waals surface area contributed by atoms with Crippen molar-refractivity contribution < 1.29 is 0 Å². The van der Waals surface area contributed by atoms with E-state index >= 15 is 0 Å². The minimum absolute atomic E-state index is 0.775. The maximum Gasteiger partial charge on any atom is 0.0422 e. The van der Waals surface area contributed by atoms with E-state index in [1.54, 1.807) is 0 Å². The summed E-state index contributed by atoms with van der Waals surface area (Å²) in [6, 6.07) is 7.17. The molecule has 0 amide bonds. The Morgan fingerprint density at radius 3 is 2.75 bits per heavy atom. The predicted octanol–water partition coefficient (Wildman–Crippen LogP) is 2.96. The number of rotatable bonds is 1. The molecule has 86 valence electrons. The molecule has 0 bridgehead atoms. The first kappa shape index (κ1) is 10.0. The van der Waals surface area contributed by atoms with Crippen LogP contribution in [0.25, 0.3) is 0 Å². The molecule has 1 fully saturated rings. The van der Waals surface area contributed by atoms with Crippen molar-refractivity contribution in [3.05, 3.63) is 23.8 Å². The Balaban J connectivity index is 1.86. The predicted molar refractivity (Wildman–Crippen MR) is 68.8 cm³/mol. The van der Waals surface area contributed by atoms with Crippen LogP contribution in [0.2, 0.25) is 0 Å². The molecule has 1 heterocycles. The summed E-state index contributed by atoms with van der Waals surface area (Å²) in [5.74, 6) is 0. The third-order valence-electron chi connectivity index (χ3n) is 4.06. The fraction of sp³-hybridized carbons (Fsp3) is 0.571. The molecule has 16 heavy (non-hydrogen) atoms. The zero-order chi connectivity index (χ0) is 11.0. The number of nitrogens with zero attached hydrogens (tertiary/aromatic N) is 1. The van der Waals surface area contributed by atoms with E-state index in [1.165, 1.54) is 56.3 Å². The zero-order valence-corrected chi connectivity index (χ0v) is 9.78. The second kappa shape index (κ2) is 4.00. The smallest absolute Gasteiger partial charge is 0.0422 e. The first-order chi connectivity index (χ1) is 7.84. The van der Waals surface area contributed by atoms with Crippen molar-refractivity contribution in [3.8, 4) is 0 Å². The topological polar surface area (TPSA) is 29.3 Å². The van der Waals surface area contributed by atoms with Gasteiger partial charge in [-0.25, -0.2) is 0 Å². The molecule has 0 radical (unpaired) electrons. The number of fused-ring (bicyclic) bond motifs is 1. The third-order valence-corrected chi connectivity index (χ3v) is 4.06. The summed E-state index contributed by atoms with van der Waals surface area (Å²) in [6.45, 7) is 1.20. The number of nitrogen functional groups attached to an aromatic ring is 1. The molecule has 0 saturated heterocycles. The summed E-state index contributed by atoms with van der Waals surface area (Å²) in [6.07, 6.45) is 8.17. The summed E-state index contributed by atoms with van der Waals surface area (Å²) in [7, 11) is 0. The Kier molecular flexibility index (Phi) is 2.50. The summed E-state index contributed by atoms with van der Waals surface area (Å²) in [4.78, 5) is 2.60. The van der Waals surface area contributed by atoms with Gasteiger partial charge in [0, 0.05) is 24.0 Å². The molecule has 2 N–H and O–H groups in total. The molecule has 1 saturated carbocycles. The van der Waals surface area contributed by atoms with Crippen molar-refractivity contribution in [2.24, 2.45) is 0 Å². The fourth-order valence-electron chi connectivity index (χ4n) is 3.19. The standard InChI is InChI=1S/C14H20N2/c15-12-7-6-11-8-9-16(14(11)10-12)13-4-2-1-3-5-13/h6-7,10,13H,1-5,8-9,15H2. The lowest BCUT2D eigenvalue weighted by Crippen LogP contribution is -2.35. The first-order valence-electron chi connectivity index (χ1n) is 6.49. The Morgan fingerprint density at radius 1 is 1.12 bits per heavy atom. The molecule has 1 aliphatic carbocycles. The Morgan fingerprint density at radius 2 is 1.94 bits per heavy atom. The quantitative estimate of drug-likeness (QED) is 0.731. The monoisotopic (exact) mass is 216 g/mol. The second-order valence-corrected chi connectivity index (χ2v) is 5.12. The van der Waals surface area contributed by atoms with E-state index < -0.39 is 0 Å². The van der Waals surface area contributed by atoms with E-state index in [0.29, 0.717) is 0 Å². The lowest BCUT2D eigenvalue weighted by atomic mass is 9.94.